The Bertz CT molecular complexity index is 3010. The molecule has 0 amide bonds. The van der Waals surface area contributed by atoms with Gasteiger partial charge < -0.3 is 23.9 Å². The van der Waals surface area contributed by atoms with Crippen molar-refractivity contribution in [2.45, 2.75) is 195 Å². The van der Waals surface area contributed by atoms with Crippen LogP contribution in [-0.4, -0.2) is 23.1 Å². The molecule has 0 bridgehead atoms. The quantitative estimate of drug-likeness (QED) is 0.0304. The second kappa shape index (κ2) is 37.7. The molecule has 0 spiro atoms. The van der Waals surface area contributed by atoms with Gasteiger partial charge in [-0.3, -0.25) is 0 Å². The first-order valence-corrected chi connectivity index (χ1v) is 41.9. The van der Waals surface area contributed by atoms with Gasteiger partial charge in [0.15, 0.2) is 0 Å². The first-order chi connectivity index (χ1) is 35.8. The molecule has 0 radical (unpaired) electrons. The Hall–Kier alpha value is 0.570. The van der Waals surface area contributed by atoms with Crippen molar-refractivity contribution in [3.05, 3.63) is 97.0 Å². The van der Waals surface area contributed by atoms with Gasteiger partial charge in [-0.1, -0.05) is 187 Å². The molecule has 0 aliphatic carbocycles. The van der Waals surface area contributed by atoms with Crippen LogP contribution in [0.3, 0.4) is 0 Å². The van der Waals surface area contributed by atoms with E-state index in [4.69, 9.17) is 19.4 Å². The maximum atomic E-state index is 4.95. The van der Waals surface area contributed by atoms with Crippen molar-refractivity contribution in [1.82, 2.24) is 0 Å². The number of halogens is 5. The Morgan fingerprint density at radius 2 is 0.645 bits per heavy atom. The molecule has 0 saturated carbocycles. The van der Waals surface area contributed by atoms with E-state index in [2.05, 4.69) is 132 Å². The van der Waals surface area contributed by atoms with Gasteiger partial charge >= 0.3 is 57.6 Å². The number of benzene rings is 4. The van der Waals surface area contributed by atoms with Gasteiger partial charge in [0, 0.05) is 90.4 Å². The van der Waals surface area contributed by atoms with Crippen molar-refractivity contribution in [3.8, 4) is 0 Å². The van der Waals surface area contributed by atoms with E-state index in [0.29, 0.717) is 0 Å². The number of aryl methyl sites for hydroxylation is 2. The van der Waals surface area contributed by atoms with Gasteiger partial charge in [0.25, 0.3) is 0 Å². The van der Waals surface area contributed by atoms with Crippen molar-refractivity contribution in [3.63, 3.8) is 0 Å². The van der Waals surface area contributed by atoms with Crippen LogP contribution in [0.2, 0.25) is 0 Å². The molecule has 76 heavy (non-hydrogen) atoms. The van der Waals surface area contributed by atoms with Crippen LogP contribution in [0.25, 0.3) is 80.7 Å². The fraction of sp³-hybridized carbons (Fsp3) is 0.476. The van der Waals surface area contributed by atoms with Gasteiger partial charge in [0.05, 0.1) is 7.57 Å². The number of fused-ring (bicyclic) bond motifs is 14. The summed E-state index contributed by atoms with van der Waals surface area (Å²) in [6.45, 7) is 10.7. The van der Waals surface area contributed by atoms with Crippen LogP contribution in [0.1, 0.15) is 192 Å². The van der Waals surface area contributed by atoms with Crippen LogP contribution in [-0.2, 0) is 28.0 Å². The zero-order chi connectivity index (χ0) is 51.4. The topological polar surface area (TPSA) is 0 Å². The smallest absolute Gasteiger partial charge is 2.00 e. The van der Waals surface area contributed by atoms with Crippen LogP contribution in [0.4, 0.5) is 0 Å². The maximum absolute atomic E-state index is 4.95. The molecule has 6 heterocycles. The first-order valence-electron chi connectivity index (χ1n) is 27.6. The van der Waals surface area contributed by atoms with E-state index < -0.39 is 15.1 Å². The predicted molar refractivity (Wildman–Crippen MR) is 360 cm³/mol. The second-order valence-corrected chi connectivity index (χ2v) is 33.6. The van der Waals surface area contributed by atoms with Crippen LogP contribution < -0.4 is 17.0 Å². The van der Waals surface area contributed by atoms with Crippen LogP contribution in [0, 0.1) is 6.92 Å². The average Bonchev–Trinajstić information content (AvgIpc) is 4.26. The van der Waals surface area contributed by atoms with Crippen molar-refractivity contribution < 1.29 is 32.1 Å². The number of thiophene rings is 6. The van der Waals surface area contributed by atoms with E-state index in [1.807, 2.05) is 45.3 Å². The predicted octanol–water partition coefficient (Wildman–Crippen LogP) is 24.5. The van der Waals surface area contributed by atoms with Gasteiger partial charge in [0.2, 0.25) is 0 Å². The van der Waals surface area contributed by atoms with Crippen LogP contribution in [0.5, 0.6) is 0 Å². The third-order valence-electron chi connectivity index (χ3n) is 14.0. The Balaban J connectivity index is 0.000000281. The molecule has 0 nitrogen and oxygen atoms in total. The summed E-state index contributed by atoms with van der Waals surface area (Å²) >= 11 is 17.9. The summed E-state index contributed by atoms with van der Waals surface area (Å²) in [5.74, 6) is 0. The van der Waals surface area contributed by atoms with E-state index in [9.17, 15) is 0 Å². The Kier molecular flexibility index (Phi) is 34.3. The van der Waals surface area contributed by atoms with Gasteiger partial charge in [-0.25, -0.2) is 0 Å². The van der Waals surface area contributed by atoms with E-state index in [0.717, 1.165) is 6.42 Å². The van der Waals surface area contributed by atoms with Crippen molar-refractivity contribution in [1.29, 1.82) is 0 Å². The van der Waals surface area contributed by atoms with Gasteiger partial charge in [0.1, 0.15) is 0 Å². The van der Waals surface area contributed by atoms with Gasteiger partial charge in [-0.05, 0) is 106 Å². The van der Waals surface area contributed by atoms with E-state index in [1.54, 1.807) is 32.4 Å². The standard InChI is InChI=1S/C36H48S3.C16H6Br2S3.C10H21.CH4.BrH.2ClH.Mg.Zn/c1-3-5-7-9-11-13-15-17-19-27-25-31-33(37-27)23-21-29-30-22-24-34-32(36(30)39-35(29)31)26-28(38-34)20-18-16-14-12-10-8-6-4-2;17-13-5-9-11(19-13)3-1-7-8-2-4-12-10(6-14(18)20-12)16(8)21-15(7)9;1-3-5-7-9-10-8-6-4-2;;;;;;/h21-26H,3-20H2,1-2H3;1-6H;1,3-10H2,2H3;1H4;3*1H;;/q;;-1;;;;;2*+2/p-3. The molecule has 10 aromatic rings. The van der Waals surface area contributed by atoms with E-state index >= 15 is 0 Å². The molecule has 0 atom stereocenters. The largest absolute Gasteiger partial charge is 2.00 e. The van der Waals surface area contributed by atoms with Crippen molar-refractivity contribution in [2.24, 2.45) is 0 Å². The van der Waals surface area contributed by atoms with Gasteiger partial charge in [-0.15, -0.1) is 68.0 Å². The number of hydrogen-bond acceptors (Lipinski definition) is 6. The monoisotopic (exact) mass is 1420 g/mol. The summed E-state index contributed by atoms with van der Waals surface area (Å²) in [7, 11) is 9.90. The Morgan fingerprint density at radius 3 is 0.947 bits per heavy atom. The summed E-state index contributed by atoms with van der Waals surface area (Å²) in [4.78, 5) is 3.16. The average molecular weight is 1430 g/mol. The molecule has 0 aliphatic heterocycles. The Morgan fingerprint density at radius 1 is 0.382 bits per heavy atom. The van der Waals surface area contributed by atoms with Crippen LogP contribution >= 0.6 is 119 Å². The number of unbranched alkanes of at least 4 members (excludes halogenated alkanes) is 21. The van der Waals surface area contributed by atoms with Crippen LogP contribution in [0.15, 0.2) is 80.4 Å². The third kappa shape index (κ3) is 19.6. The normalized spacial score (nSPS) is 11.1. The molecule has 0 aliphatic rings. The fourth-order valence-corrected chi connectivity index (χ4v) is 18.4. The third-order valence-corrected chi connectivity index (χ3v) is 22.1. The van der Waals surface area contributed by atoms with Gasteiger partial charge in [-0.2, -0.15) is 6.42 Å². The minimum absolute atomic E-state index is 0. The zero-order valence-electron chi connectivity index (χ0n) is 44.8. The molecule has 10 rings (SSSR count). The minimum Gasteiger partial charge on any atom is 2.00 e. The molecule has 4 aromatic carbocycles. The number of hydrogen-bond donors (Lipinski definition) is 0. The van der Waals surface area contributed by atoms with Crippen molar-refractivity contribution >= 4 is 223 Å². The second-order valence-electron chi connectivity index (χ2n) is 19.7. The van der Waals surface area contributed by atoms with E-state index in [-0.39, 0.29) is 47.5 Å². The summed E-state index contributed by atoms with van der Waals surface area (Å²) in [6, 6.07) is 28.1. The number of rotatable bonds is 25. The summed E-state index contributed by atoms with van der Waals surface area (Å²) in [6.07, 6.45) is 35.8. The first kappa shape index (κ1) is 69.1. The molecular weight excluding hydrogens is 1350 g/mol. The minimum atomic E-state index is -0.931. The van der Waals surface area contributed by atoms with E-state index in [1.165, 1.54) is 249 Å². The molecule has 0 saturated heterocycles. The molecule has 0 N–H and O–H groups in total. The molecule has 406 valence electrons. The summed E-state index contributed by atoms with van der Waals surface area (Å²) < 4.78 is 13.9. The van der Waals surface area contributed by atoms with Crippen molar-refractivity contribution in [2.75, 3.05) is 0 Å². The molecular formula is C63H79Br3Cl2MgS6Zn. The zero-order valence-corrected chi connectivity index (χ0v) is 60.3. The fourth-order valence-electron chi connectivity index (χ4n) is 10.1. The SMILES string of the molecule is Brc1cc2c(ccc3c4ccc5sc(Br)cc5c4sc23)s1.C.CCCCCCCCCCc1cc2c(ccc3c4ccc5sc(CCCCCCCCCC)cc5c4sc23)s1.[Br-].[CH2-]CCCCCCCCC.[Cl][Zn][Cl].[Mg+2]. The molecule has 0 fully saturated rings. The summed E-state index contributed by atoms with van der Waals surface area (Å²) in [5, 5.41) is 11.4. The molecule has 0 unspecified atom stereocenters. The molecule has 6 aromatic heterocycles. The maximum Gasteiger partial charge on any atom is 2.00 e. The summed E-state index contributed by atoms with van der Waals surface area (Å²) in [5.41, 5.74) is 0. The Labute approximate surface area is 540 Å². The molecule has 13 heteroatoms.